The van der Waals surface area contributed by atoms with Crippen LogP contribution in [0.2, 0.25) is 0 Å². The van der Waals surface area contributed by atoms with Gasteiger partial charge in [-0.1, -0.05) is 42.5 Å². The fourth-order valence-electron chi connectivity index (χ4n) is 3.23. The molecule has 1 fully saturated rings. The Morgan fingerprint density at radius 2 is 1.39 bits per heavy atom. The lowest BCUT2D eigenvalue weighted by molar-refractivity contribution is -0.140. The molecule has 0 spiro atoms. The third-order valence-electron chi connectivity index (χ3n) is 4.88. The van der Waals surface area contributed by atoms with Crippen molar-refractivity contribution in [2.75, 3.05) is 39.9 Å². The van der Waals surface area contributed by atoms with E-state index in [0.29, 0.717) is 44.1 Å². The first kappa shape index (κ1) is 19.7. The van der Waals surface area contributed by atoms with Crippen molar-refractivity contribution in [3.63, 3.8) is 0 Å². The molecule has 0 radical (unpaired) electrons. The summed E-state index contributed by atoms with van der Waals surface area (Å²) in [5.74, 6) is 1.21. The first-order chi connectivity index (χ1) is 13.7. The Hall–Kier alpha value is -3.02. The second-order valence-electron chi connectivity index (χ2n) is 6.69. The van der Waals surface area contributed by atoms with Crippen LogP contribution in [0.5, 0.6) is 11.5 Å². The summed E-state index contributed by atoms with van der Waals surface area (Å²) in [5, 5.41) is 0. The number of amides is 2. The lowest BCUT2D eigenvalue weighted by Gasteiger charge is -2.34. The Labute approximate surface area is 165 Å². The van der Waals surface area contributed by atoms with E-state index in [-0.39, 0.29) is 18.4 Å². The molecule has 1 aliphatic rings. The van der Waals surface area contributed by atoms with Crippen molar-refractivity contribution < 1.29 is 19.1 Å². The van der Waals surface area contributed by atoms with Crippen LogP contribution >= 0.6 is 0 Å². The normalized spacial score (nSPS) is 13.9. The topological polar surface area (TPSA) is 59.1 Å². The van der Waals surface area contributed by atoms with Crippen molar-refractivity contribution in [1.29, 1.82) is 0 Å². The zero-order chi connectivity index (χ0) is 19.8. The number of ether oxygens (including phenoxy) is 2. The molecule has 2 aromatic rings. The fraction of sp³-hybridized carbons (Fsp3) is 0.364. The molecule has 2 aromatic carbocycles. The van der Waals surface area contributed by atoms with E-state index in [0.717, 1.165) is 12.0 Å². The number of aryl methyl sites for hydroxylation is 1. The number of rotatable bonds is 7. The standard InChI is InChI=1S/C22H26N2O4/c1-27-19-9-5-6-10-20(19)28-17-22(26)24-15-13-23(14-16-24)21(25)12-11-18-7-3-2-4-8-18/h2-10H,11-17H2,1H3. The highest BCUT2D eigenvalue weighted by Crippen LogP contribution is 2.25. The fourth-order valence-corrected chi connectivity index (χ4v) is 3.23. The van der Waals surface area contributed by atoms with Gasteiger partial charge in [0.1, 0.15) is 0 Å². The van der Waals surface area contributed by atoms with Gasteiger partial charge >= 0.3 is 0 Å². The molecule has 0 N–H and O–H groups in total. The number of nitrogens with zero attached hydrogens (tertiary/aromatic N) is 2. The van der Waals surface area contributed by atoms with E-state index < -0.39 is 0 Å². The molecule has 28 heavy (non-hydrogen) atoms. The summed E-state index contributed by atoms with van der Waals surface area (Å²) in [6.07, 6.45) is 1.24. The molecule has 6 nitrogen and oxygen atoms in total. The van der Waals surface area contributed by atoms with E-state index in [1.165, 1.54) is 0 Å². The average Bonchev–Trinajstić information content (AvgIpc) is 2.76. The van der Waals surface area contributed by atoms with Crippen LogP contribution in [0.1, 0.15) is 12.0 Å². The Bertz CT molecular complexity index is 786. The zero-order valence-electron chi connectivity index (χ0n) is 16.2. The van der Waals surface area contributed by atoms with Crippen LogP contribution in [0.3, 0.4) is 0 Å². The van der Waals surface area contributed by atoms with Gasteiger partial charge < -0.3 is 19.3 Å². The number of piperazine rings is 1. The Kier molecular flexibility index (Phi) is 6.89. The molecule has 1 heterocycles. The van der Waals surface area contributed by atoms with Crippen LogP contribution in [0.15, 0.2) is 54.6 Å². The quantitative estimate of drug-likeness (QED) is 0.738. The minimum absolute atomic E-state index is 0.0394. The van der Waals surface area contributed by atoms with E-state index in [2.05, 4.69) is 0 Å². The van der Waals surface area contributed by atoms with Gasteiger partial charge in [-0.15, -0.1) is 0 Å². The second kappa shape index (κ2) is 9.78. The first-order valence-electron chi connectivity index (χ1n) is 9.52. The zero-order valence-corrected chi connectivity index (χ0v) is 16.2. The van der Waals surface area contributed by atoms with Crippen LogP contribution in [0.25, 0.3) is 0 Å². The first-order valence-corrected chi connectivity index (χ1v) is 9.52. The number of carbonyl (C=O) groups is 2. The monoisotopic (exact) mass is 382 g/mol. The highest BCUT2D eigenvalue weighted by Gasteiger charge is 2.24. The van der Waals surface area contributed by atoms with Crippen LogP contribution < -0.4 is 9.47 Å². The third-order valence-corrected chi connectivity index (χ3v) is 4.88. The maximum Gasteiger partial charge on any atom is 0.260 e. The molecule has 0 unspecified atom stereocenters. The number of hydrogen-bond donors (Lipinski definition) is 0. The average molecular weight is 382 g/mol. The van der Waals surface area contributed by atoms with E-state index in [9.17, 15) is 9.59 Å². The van der Waals surface area contributed by atoms with Crippen LogP contribution in [0, 0.1) is 0 Å². The second-order valence-corrected chi connectivity index (χ2v) is 6.69. The predicted octanol–water partition coefficient (Wildman–Crippen LogP) is 2.38. The maximum atomic E-state index is 12.4. The van der Waals surface area contributed by atoms with Crippen molar-refractivity contribution in [2.24, 2.45) is 0 Å². The Morgan fingerprint density at radius 3 is 2.04 bits per heavy atom. The summed E-state index contributed by atoms with van der Waals surface area (Å²) in [7, 11) is 1.57. The summed E-state index contributed by atoms with van der Waals surface area (Å²) in [6, 6.07) is 17.3. The van der Waals surface area contributed by atoms with E-state index in [4.69, 9.17) is 9.47 Å². The molecule has 0 saturated carbocycles. The van der Waals surface area contributed by atoms with Crippen molar-refractivity contribution in [3.05, 3.63) is 60.2 Å². The highest BCUT2D eigenvalue weighted by atomic mass is 16.5. The third kappa shape index (κ3) is 5.25. The summed E-state index contributed by atoms with van der Waals surface area (Å²) in [6.45, 7) is 2.15. The molecule has 1 aliphatic heterocycles. The molecule has 1 saturated heterocycles. The van der Waals surface area contributed by atoms with Gasteiger partial charge in [0.05, 0.1) is 7.11 Å². The molecule has 148 valence electrons. The van der Waals surface area contributed by atoms with Crippen LogP contribution in [0.4, 0.5) is 0 Å². The predicted molar refractivity (Wildman–Crippen MR) is 106 cm³/mol. The minimum Gasteiger partial charge on any atom is -0.493 e. The van der Waals surface area contributed by atoms with Gasteiger partial charge in [-0.2, -0.15) is 0 Å². The lowest BCUT2D eigenvalue weighted by atomic mass is 10.1. The van der Waals surface area contributed by atoms with Crippen molar-refractivity contribution in [1.82, 2.24) is 9.80 Å². The number of hydrogen-bond acceptors (Lipinski definition) is 4. The molecule has 0 bridgehead atoms. The van der Waals surface area contributed by atoms with Gasteiger partial charge in [0.25, 0.3) is 5.91 Å². The van der Waals surface area contributed by atoms with E-state index in [1.807, 2.05) is 47.4 Å². The highest BCUT2D eigenvalue weighted by molar-refractivity contribution is 5.79. The Morgan fingerprint density at radius 1 is 0.821 bits per heavy atom. The van der Waals surface area contributed by atoms with Gasteiger partial charge in [-0.05, 0) is 24.1 Å². The van der Waals surface area contributed by atoms with Gasteiger partial charge in [0, 0.05) is 32.6 Å². The van der Waals surface area contributed by atoms with Crippen molar-refractivity contribution in [3.8, 4) is 11.5 Å². The molecule has 0 aromatic heterocycles. The molecule has 3 rings (SSSR count). The number of methoxy groups -OCH3 is 1. The van der Waals surface area contributed by atoms with Crippen LogP contribution in [-0.2, 0) is 16.0 Å². The minimum atomic E-state index is -0.0812. The van der Waals surface area contributed by atoms with Gasteiger partial charge in [-0.3, -0.25) is 9.59 Å². The molecule has 2 amide bonds. The van der Waals surface area contributed by atoms with Crippen molar-refractivity contribution in [2.45, 2.75) is 12.8 Å². The smallest absolute Gasteiger partial charge is 0.260 e. The SMILES string of the molecule is COc1ccccc1OCC(=O)N1CCN(C(=O)CCc2ccccc2)CC1. The lowest BCUT2D eigenvalue weighted by Crippen LogP contribution is -2.51. The number of benzene rings is 2. The summed E-state index contributed by atoms with van der Waals surface area (Å²) in [5.41, 5.74) is 1.16. The van der Waals surface area contributed by atoms with E-state index in [1.54, 1.807) is 24.1 Å². The summed E-state index contributed by atoms with van der Waals surface area (Å²) < 4.78 is 10.8. The van der Waals surface area contributed by atoms with Gasteiger partial charge in [0.2, 0.25) is 5.91 Å². The Balaban J connectivity index is 1.41. The molecular weight excluding hydrogens is 356 g/mol. The largest absolute Gasteiger partial charge is 0.493 e. The van der Waals surface area contributed by atoms with Gasteiger partial charge in [0.15, 0.2) is 18.1 Å². The molecule has 0 aliphatic carbocycles. The maximum absolute atomic E-state index is 12.4. The molecule has 0 atom stereocenters. The molecule has 6 heteroatoms. The number of para-hydroxylation sites is 2. The van der Waals surface area contributed by atoms with Crippen molar-refractivity contribution >= 4 is 11.8 Å². The number of carbonyl (C=O) groups excluding carboxylic acids is 2. The molecular formula is C22H26N2O4. The van der Waals surface area contributed by atoms with Gasteiger partial charge in [-0.25, -0.2) is 0 Å². The van der Waals surface area contributed by atoms with E-state index >= 15 is 0 Å². The summed E-state index contributed by atoms with van der Waals surface area (Å²) >= 11 is 0. The summed E-state index contributed by atoms with van der Waals surface area (Å²) in [4.78, 5) is 28.4. The van der Waals surface area contributed by atoms with Crippen LogP contribution in [-0.4, -0.2) is 61.5 Å².